The fourth-order valence-corrected chi connectivity index (χ4v) is 9.44. The standard InChI is InChI=1S/C48H28OS/c1-2-10-29(11-3-1)30-18-20-31(21-19-30)45-35-12-4-6-14-37(35)46(38-15-7-5-13-36(38)45)33-23-22-32-28-44-41(27-34(32)26-33)39-24-25-43-47(48(39)50-44)40-16-8-9-17-42(40)49-43/h1-28H. The van der Waals surface area contributed by atoms with Gasteiger partial charge in [0.15, 0.2) is 0 Å². The monoisotopic (exact) mass is 652 g/mol. The minimum absolute atomic E-state index is 0.942. The second-order valence-electron chi connectivity index (χ2n) is 13.2. The maximum atomic E-state index is 6.24. The molecule has 0 amide bonds. The Balaban J connectivity index is 1.12. The summed E-state index contributed by atoms with van der Waals surface area (Å²) in [6, 6.07) is 62.0. The molecule has 0 saturated heterocycles. The van der Waals surface area contributed by atoms with Gasteiger partial charge in [0.25, 0.3) is 0 Å². The predicted molar refractivity (Wildman–Crippen MR) is 215 cm³/mol. The molecule has 9 aromatic carbocycles. The minimum atomic E-state index is 0.942. The summed E-state index contributed by atoms with van der Waals surface area (Å²) in [7, 11) is 0. The lowest BCUT2D eigenvalue weighted by Crippen LogP contribution is -1.91. The highest BCUT2D eigenvalue weighted by atomic mass is 32.1. The summed E-state index contributed by atoms with van der Waals surface area (Å²) in [6.07, 6.45) is 0. The Morgan fingerprint density at radius 2 is 0.920 bits per heavy atom. The van der Waals surface area contributed by atoms with Gasteiger partial charge in [0.1, 0.15) is 11.2 Å². The smallest absolute Gasteiger partial charge is 0.136 e. The summed E-state index contributed by atoms with van der Waals surface area (Å²) in [5.41, 5.74) is 9.38. The molecule has 0 aliphatic rings. The Bertz CT molecular complexity index is 3070. The van der Waals surface area contributed by atoms with Crippen molar-refractivity contribution in [1.29, 1.82) is 0 Å². The summed E-state index contributed by atoms with van der Waals surface area (Å²) in [5.74, 6) is 0. The molecule has 0 fully saturated rings. The molecular formula is C48H28OS. The fourth-order valence-electron chi connectivity index (χ4n) is 8.15. The first-order chi connectivity index (χ1) is 24.8. The van der Waals surface area contributed by atoms with Crippen LogP contribution in [0, 0.1) is 0 Å². The molecule has 2 heterocycles. The summed E-state index contributed by atoms with van der Waals surface area (Å²) >= 11 is 1.87. The molecule has 0 aliphatic heterocycles. The highest BCUT2D eigenvalue weighted by Gasteiger charge is 2.18. The van der Waals surface area contributed by atoms with E-state index in [-0.39, 0.29) is 0 Å². The van der Waals surface area contributed by atoms with E-state index in [1.807, 2.05) is 17.4 Å². The van der Waals surface area contributed by atoms with Crippen LogP contribution in [0.25, 0.3) is 108 Å². The fraction of sp³-hybridized carbons (Fsp3) is 0. The molecule has 0 saturated carbocycles. The Morgan fingerprint density at radius 3 is 1.64 bits per heavy atom. The summed E-state index contributed by atoms with van der Waals surface area (Å²) in [6.45, 7) is 0. The van der Waals surface area contributed by atoms with Gasteiger partial charge in [0.2, 0.25) is 0 Å². The highest BCUT2D eigenvalue weighted by Crippen LogP contribution is 2.46. The van der Waals surface area contributed by atoms with E-state index >= 15 is 0 Å². The first-order valence-corrected chi connectivity index (χ1v) is 17.9. The topological polar surface area (TPSA) is 13.1 Å². The van der Waals surface area contributed by atoms with Crippen LogP contribution in [-0.2, 0) is 0 Å². The number of fused-ring (bicyclic) bond motifs is 10. The summed E-state index contributed by atoms with van der Waals surface area (Å²) < 4.78 is 8.83. The minimum Gasteiger partial charge on any atom is -0.456 e. The van der Waals surface area contributed by atoms with Gasteiger partial charge < -0.3 is 4.42 Å². The molecule has 232 valence electrons. The molecule has 0 spiro atoms. The van der Waals surface area contributed by atoms with Crippen LogP contribution in [-0.4, -0.2) is 0 Å². The molecule has 2 heteroatoms. The van der Waals surface area contributed by atoms with Crippen LogP contribution in [0.3, 0.4) is 0 Å². The zero-order chi connectivity index (χ0) is 32.8. The Morgan fingerprint density at radius 1 is 0.340 bits per heavy atom. The largest absolute Gasteiger partial charge is 0.456 e. The van der Waals surface area contributed by atoms with Crippen molar-refractivity contribution in [2.45, 2.75) is 0 Å². The third kappa shape index (κ3) is 4.06. The third-order valence-corrected chi connectivity index (χ3v) is 11.6. The highest BCUT2D eigenvalue weighted by molar-refractivity contribution is 7.26. The molecular weight excluding hydrogens is 625 g/mol. The van der Waals surface area contributed by atoms with Crippen molar-refractivity contribution in [2.24, 2.45) is 0 Å². The Labute approximate surface area is 292 Å². The van der Waals surface area contributed by atoms with Gasteiger partial charge >= 0.3 is 0 Å². The average Bonchev–Trinajstić information content (AvgIpc) is 3.74. The predicted octanol–water partition coefficient (Wildman–Crippen LogP) is 14.4. The second kappa shape index (κ2) is 10.6. The summed E-state index contributed by atoms with van der Waals surface area (Å²) in [4.78, 5) is 0. The number of para-hydroxylation sites is 1. The van der Waals surface area contributed by atoms with Crippen LogP contribution in [0.5, 0.6) is 0 Å². The van der Waals surface area contributed by atoms with Crippen molar-refractivity contribution in [3.63, 3.8) is 0 Å². The van der Waals surface area contributed by atoms with Crippen LogP contribution in [0.1, 0.15) is 0 Å². The number of thiophene rings is 1. The van der Waals surface area contributed by atoms with E-state index < -0.39 is 0 Å². The maximum absolute atomic E-state index is 6.24. The first-order valence-electron chi connectivity index (χ1n) is 17.1. The second-order valence-corrected chi connectivity index (χ2v) is 14.3. The Hall–Kier alpha value is -6.22. The summed E-state index contributed by atoms with van der Waals surface area (Å²) in [5, 5.41) is 12.6. The molecule has 0 N–H and O–H groups in total. The Kier molecular flexibility index (Phi) is 5.89. The number of furan rings is 1. The van der Waals surface area contributed by atoms with Gasteiger partial charge in [-0.2, -0.15) is 0 Å². The first kappa shape index (κ1) is 27.7. The van der Waals surface area contributed by atoms with Crippen molar-refractivity contribution in [1.82, 2.24) is 0 Å². The van der Waals surface area contributed by atoms with Gasteiger partial charge in [0.05, 0.1) is 0 Å². The quantitative estimate of drug-likeness (QED) is 0.173. The molecule has 2 aromatic heterocycles. The van der Waals surface area contributed by atoms with Crippen molar-refractivity contribution in [2.75, 3.05) is 0 Å². The van der Waals surface area contributed by atoms with Crippen molar-refractivity contribution in [3.8, 4) is 33.4 Å². The average molecular weight is 653 g/mol. The number of benzene rings is 9. The van der Waals surface area contributed by atoms with Crippen LogP contribution < -0.4 is 0 Å². The molecule has 50 heavy (non-hydrogen) atoms. The van der Waals surface area contributed by atoms with E-state index in [1.165, 1.54) is 96.6 Å². The van der Waals surface area contributed by atoms with Gasteiger partial charge in [0, 0.05) is 30.9 Å². The molecule has 0 unspecified atom stereocenters. The number of hydrogen-bond acceptors (Lipinski definition) is 2. The van der Waals surface area contributed by atoms with Gasteiger partial charge in [-0.15, -0.1) is 11.3 Å². The van der Waals surface area contributed by atoms with E-state index in [9.17, 15) is 0 Å². The molecule has 11 rings (SSSR count). The van der Waals surface area contributed by atoms with E-state index in [0.717, 1.165) is 11.2 Å². The van der Waals surface area contributed by atoms with E-state index in [1.54, 1.807) is 0 Å². The lowest BCUT2D eigenvalue weighted by Gasteiger charge is -2.18. The van der Waals surface area contributed by atoms with Gasteiger partial charge in [-0.25, -0.2) is 0 Å². The SMILES string of the molecule is c1ccc(-c2ccc(-c3c4ccccc4c(-c4ccc5cc6sc7c(ccc8oc9ccccc9c87)c6cc5c4)c4ccccc34)cc2)cc1. The molecule has 1 nitrogen and oxygen atoms in total. The molecule has 0 atom stereocenters. The molecule has 11 aromatic rings. The van der Waals surface area contributed by atoms with E-state index in [2.05, 4.69) is 164 Å². The van der Waals surface area contributed by atoms with Crippen molar-refractivity contribution >= 4 is 85.8 Å². The number of hydrogen-bond donors (Lipinski definition) is 0. The lowest BCUT2D eigenvalue weighted by molar-refractivity contribution is 0.669. The van der Waals surface area contributed by atoms with Crippen LogP contribution in [0.15, 0.2) is 174 Å². The van der Waals surface area contributed by atoms with E-state index in [0.29, 0.717) is 0 Å². The van der Waals surface area contributed by atoms with Crippen LogP contribution >= 0.6 is 11.3 Å². The van der Waals surface area contributed by atoms with Crippen molar-refractivity contribution in [3.05, 3.63) is 170 Å². The zero-order valence-electron chi connectivity index (χ0n) is 27.0. The van der Waals surface area contributed by atoms with Gasteiger partial charge in [-0.3, -0.25) is 0 Å². The molecule has 0 bridgehead atoms. The zero-order valence-corrected chi connectivity index (χ0v) is 27.8. The van der Waals surface area contributed by atoms with Crippen molar-refractivity contribution < 1.29 is 4.42 Å². The van der Waals surface area contributed by atoms with Crippen LogP contribution in [0.2, 0.25) is 0 Å². The van der Waals surface area contributed by atoms with Gasteiger partial charge in [-0.05, 0) is 102 Å². The molecule has 0 radical (unpaired) electrons. The van der Waals surface area contributed by atoms with Crippen LogP contribution in [0.4, 0.5) is 0 Å². The number of rotatable bonds is 3. The van der Waals surface area contributed by atoms with Gasteiger partial charge in [-0.1, -0.05) is 133 Å². The molecule has 0 aliphatic carbocycles. The normalized spacial score (nSPS) is 12.0. The third-order valence-electron chi connectivity index (χ3n) is 10.4. The maximum Gasteiger partial charge on any atom is 0.136 e. The van der Waals surface area contributed by atoms with E-state index in [4.69, 9.17) is 4.42 Å². The lowest BCUT2D eigenvalue weighted by atomic mass is 9.85.